The van der Waals surface area contributed by atoms with Crippen molar-refractivity contribution in [3.63, 3.8) is 0 Å². The van der Waals surface area contributed by atoms with Crippen LogP contribution in [0.15, 0.2) is 40.8 Å². The van der Waals surface area contributed by atoms with Crippen LogP contribution >= 0.6 is 0 Å². The van der Waals surface area contributed by atoms with Crippen molar-refractivity contribution in [2.45, 2.75) is 30.7 Å². The molecule has 2 aromatic carbocycles. The normalized spacial score (nSPS) is 21.8. The molecule has 0 aliphatic carbocycles. The van der Waals surface area contributed by atoms with Gasteiger partial charge in [0.2, 0.25) is 12.0 Å². The summed E-state index contributed by atoms with van der Waals surface area (Å²) in [4.78, 5) is 44.7. The number of fused-ring (bicyclic) bond motifs is 1. The van der Waals surface area contributed by atoms with Crippen LogP contribution in [0.2, 0.25) is 0 Å². The van der Waals surface area contributed by atoms with Gasteiger partial charge in [-0.25, -0.2) is 23.6 Å². The third-order valence-electron chi connectivity index (χ3n) is 5.87. The van der Waals surface area contributed by atoms with E-state index in [1.165, 1.54) is 12.1 Å². The predicted octanol–water partition coefficient (Wildman–Crippen LogP) is -0.913. The molecule has 8 N–H and O–H groups in total. The lowest BCUT2D eigenvalue weighted by molar-refractivity contribution is -0.278. The molecule has 0 unspecified atom stereocenters. The summed E-state index contributed by atoms with van der Waals surface area (Å²) in [7, 11) is 0. The summed E-state index contributed by atoms with van der Waals surface area (Å²) >= 11 is 0. The van der Waals surface area contributed by atoms with Gasteiger partial charge in [0.15, 0.2) is 11.5 Å². The smallest absolute Gasteiger partial charge is 0.425 e. The first-order valence-corrected chi connectivity index (χ1v) is 11.6. The molecule has 4 rings (SSSR count). The Morgan fingerprint density at radius 3 is 2.19 bits per heavy atom. The maximum Gasteiger partial charge on any atom is 0.425 e. The van der Waals surface area contributed by atoms with Gasteiger partial charge in [0.05, 0.1) is 11.6 Å². The standard InChI is InChI=1S/C25H20O17/c26-9-4-12(28)10-6-15(20(39-14(10)5-9)8-1-2-11(27)13(29)3-8)40-25-19(32)18(31)17(30)16(41-25)7-38-23(36)24(37)42-22(35)21(33)34/h1-6,16-19,25,30-32H,7H2,(H4-,26,27,28,29,33,34,36,37)/p+1/t16-,17-,18+,19-,25-/m1/s1. The summed E-state index contributed by atoms with van der Waals surface area (Å²) < 4.78 is 25.2. The number of phenols is 4. The molecule has 0 amide bonds. The monoisotopic (exact) mass is 593 g/mol. The lowest BCUT2D eigenvalue weighted by atomic mass is 9.99. The number of rotatable bonds is 5. The predicted molar refractivity (Wildman–Crippen MR) is 130 cm³/mol. The van der Waals surface area contributed by atoms with Gasteiger partial charge in [-0.2, -0.15) is 0 Å². The molecule has 0 bridgehead atoms. The zero-order valence-corrected chi connectivity index (χ0v) is 20.8. The summed E-state index contributed by atoms with van der Waals surface area (Å²) in [5, 5.41) is 79.4. The minimum atomic E-state index is -2.16. The second-order valence-electron chi connectivity index (χ2n) is 8.73. The molecule has 1 aliphatic rings. The fraction of sp³-hybridized carbons (Fsp3) is 0.240. The molecular weight excluding hydrogens is 572 g/mol. The Morgan fingerprint density at radius 2 is 1.52 bits per heavy atom. The lowest BCUT2D eigenvalue weighted by Gasteiger charge is -2.39. The van der Waals surface area contributed by atoms with E-state index in [2.05, 4.69) is 9.47 Å². The van der Waals surface area contributed by atoms with Crippen molar-refractivity contribution >= 4 is 34.8 Å². The molecule has 42 heavy (non-hydrogen) atoms. The number of aromatic hydroxyl groups is 4. The molecule has 17 nitrogen and oxygen atoms in total. The Morgan fingerprint density at radius 1 is 0.810 bits per heavy atom. The minimum Gasteiger partial charge on any atom is -0.507 e. The number of benzene rings is 2. The summed E-state index contributed by atoms with van der Waals surface area (Å²) in [5.74, 6) is -10.4. The highest BCUT2D eigenvalue weighted by atomic mass is 16.7. The van der Waals surface area contributed by atoms with Gasteiger partial charge in [-0.3, -0.25) is 0 Å². The van der Waals surface area contributed by atoms with Crippen LogP contribution in [0.4, 0.5) is 0 Å². The summed E-state index contributed by atoms with van der Waals surface area (Å²) in [6.07, 6.45) is -9.41. The van der Waals surface area contributed by atoms with E-state index in [0.29, 0.717) is 0 Å². The number of hydrogen-bond acceptors (Lipinski definition) is 15. The molecule has 1 aliphatic heterocycles. The van der Waals surface area contributed by atoms with Crippen molar-refractivity contribution in [2.75, 3.05) is 6.61 Å². The van der Waals surface area contributed by atoms with E-state index in [-0.39, 0.29) is 33.8 Å². The first kappa shape index (κ1) is 29.7. The Balaban J connectivity index is 1.62. The molecule has 222 valence electrons. The van der Waals surface area contributed by atoms with Gasteiger partial charge in [0, 0.05) is 18.2 Å². The zero-order valence-electron chi connectivity index (χ0n) is 20.8. The Kier molecular flexibility index (Phi) is 8.29. The van der Waals surface area contributed by atoms with Crippen molar-refractivity contribution in [1.82, 2.24) is 0 Å². The van der Waals surface area contributed by atoms with Crippen LogP contribution in [-0.2, 0) is 33.4 Å². The van der Waals surface area contributed by atoms with E-state index < -0.39 is 78.4 Å². The van der Waals surface area contributed by atoms with E-state index in [0.717, 1.165) is 24.3 Å². The fourth-order valence-electron chi connectivity index (χ4n) is 3.80. The van der Waals surface area contributed by atoms with Crippen LogP contribution in [0, 0.1) is 0 Å². The number of aliphatic hydroxyl groups excluding tert-OH is 3. The van der Waals surface area contributed by atoms with Gasteiger partial charge in [-0.15, -0.1) is 0 Å². The molecule has 3 aromatic rings. The SMILES string of the molecule is O=C(O)C(=O)OC(=O)C(=O)OC[C@H]1O[C@@H](Oc2cc3c(O)cc(O)cc3[o+]c2-c2ccc(O)c(O)c2)[C@H](O)[C@@H](O)[C@@H]1O. The molecule has 1 saturated heterocycles. The van der Waals surface area contributed by atoms with Gasteiger partial charge in [-0.1, -0.05) is 0 Å². The first-order chi connectivity index (χ1) is 19.8. The first-order valence-electron chi connectivity index (χ1n) is 11.6. The molecule has 17 heteroatoms. The van der Waals surface area contributed by atoms with Gasteiger partial charge in [0.25, 0.3) is 0 Å². The molecule has 1 fully saturated rings. The zero-order chi connectivity index (χ0) is 30.9. The lowest BCUT2D eigenvalue weighted by Crippen LogP contribution is -2.60. The molecule has 0 radical (unpaired) electrons. The molecule has 1 aromatic heterocycles. The van der Waals surface area contributed by atoms with Gasteiger partial charge < -0.3 is 59.8 Å². The average Bonchev–Trinajstić information content (AvgIpc) is 2.93. The van der Waals surface area contributed by atoms with Crippen LogP contribution in [0.5, 0.6) is 28.7 Å². The number of esters is 3. The van der Waals surface area contributed by atoms with Crippen molar-refractivity contribution in [3.8, 4) is 40.1 Å². The second kappa shape index (κ2) is 11.7. The highest BCUT2D eigenvalue weighted by Crippen LogP contribution is 2.42. The van der Waals surface area contributed by atoms with Gasteiger partial charge in [0.1, 0.15) is 47.9 Å². The van der Waals surface area contributed by atoms with Gasteiger partial charge in [-0.05, 0) is 12.1 Å². The highest BCUT2D eigenvalue weighted by molar-refractivity contribution is 6.38. The average molecular weight is 593 g/mol. The maximum absolute atomic E-state index is 11.8. The van der Waals surface area contributed by atoms with Crippen LogP contribution in [0.3, 0.4) is 0 Å². The van der Waals surface area contributed by atoms with Crippen LogP contribution in [0.1, 0.15) is 0 Å². The number of aliphatic hydroxyl groups is 3. The van der Waals surface area contributed by atoms with Crippen LogP contribution in [0.25, 0.3) is 22.3 Å². The second-order valence-corrected chi connectivity index (χ2v) is 8.73. The number of carbonyl (C=O) groups is 4. The summed E-state index contributed by atoms with van der Waals surface area (Å²) in [5.41, 5.74) is 0.0110. The topological polar surface area (TPSA) is 278 Å². The molecule has 2 heterocycles. The fourth-order valence-corrected chi connectivity index (χ4v) is 3.80. The number of carboxylic acids is 1. The molecular formula is C25H21O17+. The Hall–Kier alpha value is -5.23. The third-order valence-corrected chi connectivity index (χ3v) is 5.87. The maximum atomic E-state index is 11.8. The molecule has 5 atom stereocenters. The quantitative estimate of drug-likeness (QED) is 0.0584. The third kappa shape index (κ3) is 6.08. The number of phenolic OH excluding ortho intramolecular Hbond substituents is 4. The Bertz CT molecular complexity index is 1570. The van der Waals surface area contributed by atoms with Crippen molar-refractivity contribution in [1.29, 1.82) is 0 Å². The van der Waals surface area contributed by atoms with E-state index in [1.807, 2.05) is 0 Å². The minimum absolute atomic E-state index is 0.0136. The van der Waals surface area contributed by atoms with E-state index in [1.54, 1.807) is 0 Å². The van der Waals surface area contributed by atoms with Crippen molar-refractivity contribution in [2.24, 2.45) is 0 Å². The van der Waals surface area contributed by atoms with E-state index >= 15 is 0 Å². The van der Waals surface area contributed by atoms with Crippen LogP contribution < -0.4 is 4.74 Å². The molecule has 0 saturated carbocycles. The molecule has 0 spiro atoms. The number of carbonyl (C=O) groups excluding carboxylic acids is 3. The van der Waals surface area contributed by atoms with E-state index in [4.69, 9.17) is 19.0 Å². The van der Waals surface area contributed by atoms with Gasteiger partial charge >= 0.3 is 35.2 Å². The number of ether oxygens (including phenoxy) is 4. The Labute approximate surface area is 232 Å². The van der Waals surface area contributed by atoms with Crippen molar-refractivity contribution < 1.29 is 83.4 Å². The highest BCUT2D eigenvalue weighted by Gasteiger charge is 2.46. The number of carboxylic acid groups (broad SMARTS) is 1. The van der Waals surface area contributed by atoms with Crippen molar-refractivity contribution in [3.05, 3.63) is 36.4 Å². The largest absolute Gasteiger partial charge is 0.507 e. The number of hydrogen-bond donors (Lipinski definition) is 8. The number of aliphatic carboxylic acids is 1. The van der Waals surface area contributed by atoms with E-state index in [9.17, 15) is 54.9 Å². The van der Waals surface area contributed by atoms with Crippen LogP contribution in [-0.4, -0.2) is 102 Å². The summed E-state index contributed by atoms with van der Waals surface area (Å²) in [6.45, 7) is -0.985. The summed E-state index contributed by atoms with van der Waals surface area (Å²) in [6, 6.07) is 6.79.